The second kappa shape index (κ2) is 6.85. The first kappa shape index (κ1) is 18.1. The average Bonchev–Trinajstić information content (AvgIpc) is 3.12. The summed E-state index contributed by atoms with van der Waals surface area (Å²) < 4.78 is 2.16. The Bertz CT molecular complexity index is 1460. The minimum atomic E-state index is -0.177. The SMILES string of the molecule is C=C(C)C(=O)Nc1ccc(-c2nc3c4ccccc4c4ccccc4c3n2C)cc1. The average molecular weight is 391 g/mol. The van der Waals surface area contributed by atoms with Crippen molar-refractivity contribution in [1.29, 1.82) is 0 Å². The summed E-state index contributed by atoms with van der Waals surface area (Å²) >= 11 is 0. The van der Waals surface area contributed by atoms with Crippen LogP contribution in [-0.4, -0.2) is 15.5 Å². The van der Waals surface area contributed by atoms with Gasteiger partial charge < -0.3 is 9.88 Å². The largest absolute Gasteiger partial charge is 0.327 e. The van der Waals surface area contributed by atoms with Crippen LogP contribution in [0, 0.1) is 0 Å². The van der Waals surface area contributed by atoms with Gasteiger partial charge in [-0.05, 0) is 42.0 Å². The Morgan fingerprint density at radius 1 is 0.867 bits per heavy atom. The summed E-state index contributed by atoms with van der Waals surface area (Å²) in [5, 5.41) is 7.63. The molecule has 4 aromatic carbocycles. The Balaban J connectivity index is 1.71. The van der Waals surface area contributed by atoms with Crippen LogP contribution in [0.25, 0.3) is 44.0 Å². The summed E-state index contributed by atoms with van der Waals surface area (Å²) in [5.41, 5.74) is 4.34. The minimum Gasteiger partial charge on any atom is -0.327 e. The summed E-state index contributed by atoms with van der Waals surface area (Å²) in [4.78, 5) is 16.9. The molecule has 0 aliphatic heterocycles. The highest BCUT2D eigenvalue weighted by molar-refractivity contribution is 6.23. The number of nitrogens with zero attached hydrogens (tertiary/aromatic N) is 2. The molecule has 0 spiro atoms. The zero-order chi connectivity index (χ0) is 20.8. The maximum atomic E-state index is 11.9. The lowest BCUT2D eigenvalue weighted by molar-refractivity contribution is -0.112. The van der Waals surface area contributed by atoms with Crippen LogP contribution in [0.5, 0.6) is 0 Å². The van der Waals surface area contributed by atoms with Crippen molar-refractivity contribution in [1.82, 2.24) is 9.55 Å². The Morgan fingerprint density at radius 2 is 1.43 bits per heavy atom. The van der Waals surface area contributed by atoms with Crippen LogP contribution in [0.15, 0.2) is 84.9 Å². The molecule has 1 heterocycles. The van der Waals surface area contributed by atoms with Crippen LogP contribution in [-0.2, 0) is 11.8 Å². The van der Waals surface area contributed by atoms with Crippen molar-refractivity contribution < 1.29 is 4.79 Å². The van der Waals surface area contributed by atoms with Gasteiger partial charge in [0.05, 0.1) is 11.0 Å². The number of hydrogen-bond donors (Lipinski definition) is 1. The third kappa shape index (κ3) is 2.77. The van der Waals surface area contributed by atoms with Gasteiger partial charge >= 0.3 is 0 Å². The van der Waals surface area contributed by atoms with Gasteiger partial charge in [-0.25, -0.2) is 4.98 Å². The van der Waals surface area contributed by atoms with E-state index in [-0.39, 0.29) is 5.91 Å². The summed E-state index contributed by atoms with van der Waals surface area (Å²) in [6.45, 7) is 5.37. The lowest BCUT2D eigenvalue weighted by atomic mass is 10.00. The molecule has 0 radical (unpaired) electrons. The number of fused-ring (bicyclic) bond motifs is 6. The van der Waals surface area contributed by atoms with Crippen molar-refractivity contribution in [2.75, 3.05) is 5.32 Å². The van der Waals surface area contributed by atoms with Gasteiger partial charge in [-0.15, -0.1) is 0 Å². The number of anilines is 1. The molecule has 0 fully saturated rings. The number of aryl methyl sites for hydroxylation is 1. The number of aromatic nitrogens is 2. The fraction of sp³-hybridized carbons (Fsp3) is 0.0769. The number of hydrogen-bond acceptors (Lipinski definition) is 2. The van der Waals surface area contributed by atoms with E-state index in [1.54, 1.807) is 6.92 Å². The van der Waals surface area contributed by atoms with Gasteiger partial charge in [0.25, 0.3) is 5.91 Å². The molecule has 0 saturated heterocycles. The number of imidazole rings is 1. The topological polar surface area (TPSA) is 46.9 Å². The van der Waals surface area contributed by atoms with Gasteiger partial charge in [0.2, 0.25) is 0 Å². The van der Waals surface area contributed by atoms with Crippen LogP contribution in [0.3, 0.4) is 0 Å². The minimum absolute atomic E-state index is 0.177. The van der Waals surface area contributed by atoms with Crippen LogP contribution in [0.4, 0.5) is 5.69 Å². The third-order valence-corrected chi connectivity index (χ3v) is 5.54. The molecule has 1 N–H and O–H groups in total. The highest BCUT2D eigenvalue weighted by atomic mass is 16.1. The smallest absolute Gasteiger partial charge is 0.250 e. The third-order valence-electron chi connectivity index (χ3n) is 5.54. The predicted molar refractivity (Wildman–Crippen MR) is 125 cm³/mol. The molecule has 0 bridgehead atoms. The van der Waals surface area contributed by atoms with Gasteiger partial charge in [-0.2, -0.15) is 0 Å². The van der Waals surface area contributed by atoms with E-state index < -0.39 is 0 Å². The maximum absolute atomic E-state index is 11.9. The van der Waals surface area contributed by atoms with E-state index in [0.29, 0.717) is 5.57 Å². The van der Waals surface area contributed by atoms with E-state index in [0.717, 1.165) is 33.5 Å². The van der Waals surface area contributed by atoms with E-state index in [4.69, 9.17) is 4.98 Å². The summed E-state index contributed by atoms with van der Waals surface area (Å²) in [6, 6.07) is 24.7. The predicted octanol–water partition coefficient (Wildman–Crippen LogP) is 6.06. The summed E-state index contributed by atoms with van der Waals surface area (Å²) in [6.07, 6.45) is 0. The van der Waals surface area contributed by atoms with Crippen LogP contribution in [0.1, 0.15) is 6.92 Å². The maximum Gasteiger partial charge on any atom is 0.250 e. The number of carbonyl (C=O) groups excluding carboxylic acids is 1. The molecule has 0 unspecified atom stereocenters. The lowest BCUT2D eigenvalue weighted by Crippen LogP contribution is -2.11. The van der Waals surface area contributed by atoms with E-state index in [9.17, 15) is 4.79 Å². The van der Waals surface area contributed by atoms with Gasteiger partial charge in [-0.1, -0.05) is 55.1 Å². The number of rotatable bonds is 3. The van der Waals surface area contributed by atoms with Crippen LogP contribution in [0.2, 0.25) is 0 Å². The van der Waals surface area contributed by atoms with Crippen molar-refractivity contribution >= 4 is 44.2 Å². The fourth-order valence-electron chi connectivity index (χ4n) is 4.04. The van der Waals surface area contributed by atoms with E-state index in [1.165, 1.54) is 16.2 Å². The number of benzene rings is 4. The second-order valence-electron chi connectivity index (χ2n) is 7.59. The molecule has 0 saturated carbocycles. The molecule has 0 aliphatic carbocycles. The molecule has 5 aromatic rings. The van der Waals surface area contributed by atoms with Gasteiger partial charge in [0.15, 0.2) is 0 Å². The van der Waals surface area contributed by atoms with E-state index in [1.807, 2.05) is 24.3 Å². The molecule has 0 aliphatic rings. The number of nitrogens with one attached hydrogen (secondary N) is 1. The lowest BCUT2D eigenvalue weighted by Gasteiger charge is -2.08. The Morgan fingerprint density at radius 3 is 2.07 bits per heavy atom. The van der Waals surface area contributed by atoms with Gasteiger partial charge in [0.1, 0.15) is 5.82 Å². The molecule has 0 atom stereocenters. The first-order valence-electron chi connectivity index (χ1n) is 9.88. The fourth-order valence-corrected chi connectivity index (χ4v) is 4.04. The molecule has 4 nitrogen and oxygen atoms in total. The molecule has 30 heavy (non-hydrogen) atoms. The molecule has 146 valence electrons. The Kier molecular flexibility index (Phi) is 4.14. The molecular formula is C26H21N3O. The van der Waals surface area contributed by atoms with Crippen molar-refractivity contribution in [3.8, 4) is 11.4 Å². The van der Waals surface area contributed by atoms with E-state index >= 15 is 0 Å². The summed E-state index contributed by atoms with van der Waals surface area (Å²) in [5.74, 6) is 0.715. The Labute approximate surface area is 174 Å². The van der Waals surface area contributed by atoms with Crippen molar-refractivity contribution in [2.45, 2.75) is 6.92 Å². The highest BCUT2D eigenvalue weighted by Gasteiger charge is 2.16. The van der Waals surface area contributed by atoms with Crippen LogP contribution >= 0.6 is 0 Å². The van der Waals surface area contributed by atoms with Gasteiger partial charge in [-0.3, -0.25) is 4.79 Å². The zero-order valence-corrected chi connectivity index (χ0v) is 16.9. The molecule has 4 heteroatoms. The highest BCUT2D eigenvalue weighted by Crippen LogP contribution is 2.36. The van der Waals surface area contributed by atoms with Crippen molar-refractivity contribution in [3.63, 3.8) is 0 Å². The standard InChI is InChI=1S/C26H21N3O/c1-16(2)26(30)27-18-14-12-17(13-15-18)25-28-23-21-10-6-4-8-19(21)20-9-5-7-11-22(20)24(23)29(25)3/h4-15H,1H2,2-3H3,(H,27,30). The first-order chi connectivity index (χ1) is 14.5. The summed E-state index contributed by atoms with van der Waals surface area (Å²) in [7, 11) is 2.06. The number of amides is 1. The first-order valence-corrected chi connectivity index (χ1v) is 9.88. The zero-order valence-electron chi connectivity index (χ0n) is 16.9. The van der Waals surface area contributed by atoms with Crippen LogP contribution < -0.4 is 5.32 Å². The molecular weight excluding hydrogens is 370 g/mol. The molecule has 1 amide bonds. The quantitative estimate of drug-likeness (QED) is 0.300. The Hall–Kier alpha value is -3.92. The van der Waals surface area contributed by atoms with Crippen molar-refractivity contribution in [2.24, 2.45) is 7.05 Å². The number of carbonyl (C=O) groups is 1. The monoisotopic (exact) mass is 391 g/mol. The normalized spacial score (nSPS) is 11.3. The molecule has 1 aromatic heterocycles. The second-order valence-corrected chi connectivity index (χ2v) is 7.59. The van der Waals surface area contributed by atoms with E-state index in [2.05, 4.69) is 72.0 Å². The van der Waals surface area contributed by atoms with Crippen molar-refractivity contribution in [3.05, 3.63) is 84.9 Å². The molecule has 5 rings (SSSR count). The van der Waals surface area contributed by atoms with Gasteiger partial charge in [0, 0.05) is 34.6 Å².